The lowest BCUT2D eigenvalue weighted by atomic mass is 10.1. The van der Waals surface area contributed by atoms with Crippen molar-refractivity contribution in [3.63, 3.8) is 0 Å². The van der Waals surface area contributed by atoms with Crippen molar-refractivity contribution in [1.29, 1.82) is 0 Å². The minimum absolute atomic E-state index is 0.0590. The van der Waals surface area contributed by atoms with Crippen molar-refractivity contribution in [1.82, 2.24) is 9.78 Å². The molecule has 0 fully saturated rings. The van der Waals surface area contributed by atoms with Gasteiger partial charge in [-0.2, -0.15) is 10.1 Å². The maximum Gasteiger partial charge on any atom is 0.337 e. The number of para-hydroxylation sites is 1. The molecule has 0 atom stereocenters. The number of amides is 1. The molecule has 0 spiro atoms. The van der Waals surface area contributed by atoms with Crippen LogP contribution in [0.1, 0.15) is 28.5 Å². The van der Waals surface area contributed by atoms with Crippen LogP contribution in [0.3, 0.4) is 0 Å². The van der Waals surface area contributed by atoms with Crippen LogP contribution in [-0.2, 0) is 4.79 Å². The van der Waals surface area contributed by atoms with E-state index in [-0.39, 0.29) is 27.4 Å². The van der Waals surface area contributed by atoms with E-state index in [0.717, 1.165) is 5.01 Å². The van der Waals surface area contributed by atoms with Gasteiger partial charge in [0.2, 0.25) is 0 Å². The maximum atomic E-state index is 13.0. The fourth-order valence-corrected chi connectivity index (χ4v) is 3.50. The van der Waals surface area contributed by atoms with Gasteiger partial charge in [-0.3, -0.25) is 14.7 Å². The van der Waals surface area contributed by atoms with Gasteiger partial charge in [-0.05, 0) is 50.3 Å². The molecule has 31 heavy (non-hydrogen) atoms. The van der Waals surface area contributed by atoms with Gasteiger partial charge in [0.25, 0.3) is 11.5 Å². The van der Waals surface area contributed by atoms with Crippen molar-refractivity contribution < 1.29 is 14.7 Å². The largest absolute Gasteiger partial charge is 0.478 e. The number of nitrogens with zero attached hydrogens (tertiary/aromatic N) is 3. The minimum atomic E-state index is -1.21. The number of hydrogen-bond acceptors (Lipinski definition) is 4. The molecule has 0 unspecified atom stereocenters. The number of aromatic amines is 1. The van der Waals surface area contributed by atoms with Crippen LogP contribution < -0.4 is 10.6 Å². The number of carboxylic acids is 1. The Kier molecular flexibility index (Phi) is 5.08. The average molecular weight is 437 g/mol. The Morgan fingerprint density at radius 1 is 1.10 bits per heavy atom. The van der Waals surface area contributed by atoms with E-state index in [1.165, 1.54) is 29.0 Å². The summed E-state index contributed by atoms with van der Waals surface area (Å²) in [5, 5.41) is 17.7. The van der Waals surface area contributed by atoms with Crippen LogP contribution in [0.4, 0.5) is 5.69 Å². The van der Waals surface area contributed by atoms with E-state index in [0.29, 0.717) is 22.7 Å². The van der Waals surface area contributed by atoms with Gasteiger partial charge < -0.3 is 5.11 Å². The highest BCUT2D eigenvalue weighted by Gasteiger charge is 2.30. The molecule has 1 amide bonds. The van der Waals surface area contributed by atoms with E-state index in [2.05, 4.69) is 10.2 Å². The minimum Gasteiger partial charge on any atom is -0.478 e. The highest BCUT2D eigenvalue weighted by molar-refractivity contribution is 6.34. The fraction of sp³-hybridized carbons (Fsp3) is 0.0909. The molecule has 2 N–H and O–H groups in total. The Hall–Kier alpha value is -3.91. The molecule has 0 bridgehead atoms. The molecule has 3 aromatic rings. The maximum absolute atomic E-state index is 13.0. The fourth-order valence-electron chi connectivity index (χ4n) is 3.30. The quantitative estimate of drug-likeness (QED) is 0.609. The molecule has 9 heteroatoms. The number of aryl methyl sites for hydroxylation is 1. The van der Waals surface area contributed by atoms with Gasteiger partial charge in [-0.15, -0.1) is 0 Å². The summed E-state index contributed by atoms with van der Waals surface area (Å²) in [4.78, 5) is 37.3. The van der Waals surface area contributed by atoms with Gasteiger partial charge in [0.05, 0.1) is 38.8 Å². The molecule has 4 rings (SSSR count). The number of aromatic carboxylic acids is 1. The number of anilines is 1. The normalized spacial score (nSPS) is 14.9. The lowest BCUT2D eigenvalue weighted by Crippen LogP contribution is -2.22. The Morgan fingerprint density at radius 2 is 1.81 bits per heavy atom. The standard InChI is InChI=1S/C22H17ClN4O4/c1-12-16(20(28)26(24-12)14-6-4-3-5-7-14)11-17-13(2)25-27(21(17)29)15-8-9-19(23)18(10-15)22(30)31/h3-11,24H,1-2H3,(H,30,31)/b17-11+. The molecule has 8 nitrogen and oxygen atoms in total. The van der Waals surface area contributed by atoms with Crippen LogP contribution in [0, 0.1) is 6.92 Å². The summed E-state index contributed by atoms with van der Waals surface area (Å²) in [6, 6.07) is 13.3. The van der Waals surface area contributed by atoms with Crippen LogP contribution in [0.25, 0.3) is 11.8 Å². The summed E-state index contributed by atoms with van der Waals surface area (Å²) in [5.74, 6) is -1.68. The SMILES string of the molecule is CC1=NN(c2ccc(Cl)c(C(=O)O)c2)C(=O)/C1=C/c1c(C)[nH]n(-c2ccccc2)c1=O. The van der Waals surface area contributed by atoms with Crippen molar-refractivity contribution in [3.05, 3.63) is 86.3 Å². The van der Waals surface area contributed by atoms with Gasteiger partial charge in [-0.1, -0.05) is 29.8 Å². The van der Waals surface area contributed by atoms with Crippen LogP contribution in [0.5, 0.6) is 0 Å². The number of benzene rings is 2. The van der Waals surface area contributed by atoms with Crippen molar-refractivity contribution in [2.45, 2.75) is 13.8 Å². The molecule has 0 saturated carbocycles. The second kappa shape index (κ2) is 7.73. The number of hydrogen-bond donors (Lipinski definition) is 2. The second-order valence-corrected chi connectivity index (χ2v) is 7.36. The smallest absolute Gasteiger partial charge is 0.337 e. The van der Waals surface area contributed by atoms with Crippen molar-refractivity contribution in [2.75, 3.05) is 5.01 Å². The van der Waals surface area contributed by atoms with Crippen LogP contribution >= 0.6 is 11.6 Å². The Bertz CT molecular complexity index is 1340. The third-order valence-corrected chi connectivity index (χ3v) is 5.24. The Balaban J connectivity index is 1.73. The third kappa shape index (κ3) is 3.57. The highest BCUT2D eigenvalue weighted by atomic mass is 35.5. The van der Waals surface area contributed by atoms with Gasteiger partial charge in [0.1, 0.15) is 0 Å². The molecule has 2 heterocycles. The summed E-state index contributed by atoms with van der Waals surface area (Å²) in [5.41, 5.74) is 2.09. The van der Waals surface area contributed by atoms with Crippen LogP contribution in [0.15, 0.2) is 64.0 Å². The first kappa shape index (κ1) is 20.4. The van der Waals surface area contributed by atoms with E-state index in [9.17, 15) is 19.5 Å². The van der Waals surface area contributed by atoms with Crippen LogP contribution in [-0.4, -0.2) is 32.5 Å². The summed E-state index contributed by atoms with van der Waals surface area (Å²) >= 11 is 5.91. The predicted octanol–water partition coefficient (Wildman–Crippen LogP) is 3.63. The van der Waals surface area contributed by atoms with Gasteiger partial charge >= 0.3 is 5.97 Å². The zero-order valence-electron chi connectivity index (χ0n) is 16.6. The highest BCUT2D eigenvalue weighted by Crippen LogP contribution is 2.28. The topological polar surface area (TPSA) is 108 Å². The molecule has 1 aromatic heterocycles. The molecule has 1 aliphatic heterocycles. The predicted molar refractivity (Wildman–Crippen MR) is 118 cm³/mol. The lowest BCUT2D eigenvalue weighted by molar-refractivity contribution is -0.114. The number of hydrazone groups is 1. The van der Waals surface area contributed by atoms with E-state index < -0.39 is 11.9 Å². The summed E-state index contributed by atoms with van der Waals surface area (Å²) in [6.07, 6.45) is 1.50. The number of carboxylic acid groups (broad SMARTS) is 1. The Labute approximate surface area is 181 Å². The molecule has 156 valence electrons. The first-order valence-electron chi connectivity index (χ1n) is 9.29. The summed E-state index contributed by atoms with van der Waals surface area (Å²) < 4.78 is 1.41. The lowest BCUT2D eigenvalue weighted by Gasteiger charge is -2.13. The summed E-state index contributed by atoms with van der Waals surface area (Å²) in [6.45, 7) is 3.39. The zero-order valence-corrected chi connectivity index (χ0v) is 17.3. The van der Waals surface area contributed by atoms with Gasteiger partial charge in [0.15, 0.2) is 0 Å². The number of nitrogens with one attached hydrogen (secondary N) is 1. The van der Waals surface area contributed by atoms with E-state index in [1.54, 1.807) is 26.0 Å². The second-order valence-electron chi connectivity index (χ2n) is 6.96. The number of carbonyl (C=O) groups is 2. The third-order valence-electron chi connectivity index (χ3n) is 4.91. The first-order chi connectivity index (χ1) is 14.8. The molecule has 0 aliphatic carbocycles. The monoisotopic (exact) mass is 436 g/mol. The molecular formula is C22H17ClN4O4. The van der Waals surface area contributed by atoms with Crippen molar-refractivity contribution in [3.8, 4) is 5.69 Å². The van der Waals surface area contributed by atoms with Crippen molar-refractivity contribution in [2.24, 2.45) is 5.10 Å². The number of carbonyl (C=O) groups excluding carboxylic acids is 1. The number of rotatable bonds is 4. The van der Waals surface area contributed by atoms with E-state index in [4.69, 9.17) is 11.6 Å². The van der Waals surface area contributed by atoms with Crippen molar-refractivity contribution >= 4 is 41.0 Å². The Morgan fingerprint density at radius 3 is 2.48 bits per heavy atom. The average Bonchev–Trinajstić information content (AvgIpc) is 3.19. The van der Waals surface area contributed by atoms with E-state index in [1.807, 2.05) is 18.2 Å². The number of H-pyrrole nitrogens is 1. The number of aromatic nitrogens is 2. The molecular weight excluding hydrogens is 420 g/mol. The summed E-state index contributed by atoms with van der Waals surface area (Å²) in [7, 11) is 0. The molecule has 2 aromatic carbocycles. The zero-order chi connectivity index (χ0) is 22.3. The van der Waals surface area contributed by atoms with E-state index >= 15 is 0 Å². The van der Waals surface area contributed by atoms with Crippen LogP contribution in [0.2, 0.25) is 5.02 Å². The van der Waals surface area contributed by atoms with Gasteiger partial charge in [-0.25, -0.2) is 9.48 Å². The molecule has 1 aliphatic rings. The molecule has 0 saturated heterocycles. The first-order valence-corrected chi connectivity index (χ1v) is 9.67. The van der Waals surface area contributed by atoms with Gasteiger partial charge in [0, 0.05) is 5.69 Å². The number of halogens is 1. The molecule has 0 radical (unpaired) electrons.